The Labute approximate surface area is 78.6 Å². The molecule has 70 valence electrons. The summed E-state index contributed by atoms with van der Waals surface area (Å²) >= 11 is 0. The van der Waals surface area contributed by atoms with Crippen molar-refractivity contribution in [3.63, 3.8) is 0 Å². The summed E-state index contributed by atoms with van der Waals surface area (Å²) in [5.74, 6) is 0. The molecule has 1 unspecified atom stereocenters. The SMILES string of the molecule is CC1(C)CC1NCc1ccncn1. The maximum atomic E-state index is 4.15. The Morgan fingerprint density at radius 2 is 2.38 bits per heavy atom. The molecule has 1 atom stereocenters. The van der Waals surface area contributed by atoms with Crippen molar-refractivity contribution in [1.82, 2.24) is 15.3 Å². The molecule has 0 saturated heterocycles. The number of aromatic nitrogens is 2. The first kappa shape index (κ1) is 8.63. The molecule has 3 heteroatoms. The molecule has 3 nitrogen and oxygen atoms in total. The summed E-state index contributed by atoms with van der Waals surface area (Å²) in [5.41, 5.74) is 1.56. The van der Waals surface area contributed by atoms with Gasteiger partial charge in [-0.2, -0.15) is 0 Å². The summed E-state index contributed by atoms with van der Waals surface area (Å²) in [6.07, 6.45) is 4.65. The fraction of sp³-hybridized carbons (Fsp3) is 0.600. The number of rotatable bonds is 3. The van der Waals surface area contributed by atoms with Crippen molar-refractivity contribution < 1.29 is 0 Å². The molecule has 1 aliphatic carbocycles. The normalized spacial score (nSPS) is 24.3. The maximum Gasteiger partial charge on any atom is 0.115 e. The average Bonchev–Trinajstić information content (AvgIpc) is 2.73. The summed E-state index contributed by atoms with van der Waals surface area (Å²) in [7, 11) is 0. The Kier molecular flexibility index (Phi) is 2.04. The molecule has 1 aliphatic rings. The van der Waals surface area contributed by atoms with Gasteiger partial charge in [0.15, 0.2) is 0 Å². The van der Waals surface area contributed by atoms with Crippen molar-refractivity contribution >= 4 is 0 Å². The molecule has 0 aliphatic heterocycles. The van der Waals surface area contributed by atoms with Crippen LogP contribution >= 0.6 is 0 Å². The van der Waals surface area contributed by atoms with Gasteiger partial charge in [-0.25, -0.2) is 9.97 Å². The van der Waals surface area contributed by atoms with Gasteiger partial charge in [0.25, 0.3) is 0 Å². The minimum Gasteiger partial charge on any atom is -0.308 e. The first-order valence-corrected chi connectivity index (χ1v) is 4.67. The molecule has 1 fully saturated rings. The highest BCUT2D eigenvalue weighted by molar-refractivity contribution is 5.04. The molecular formula is C10H15N3. The van der Waals surface area contributed by atoms with E-state index in [2.05, 4.69) is 29.1 Å². The van der Waals surface area contributed by atoms with Crippen LogP contribution in [0.2, 0.25) is 0 Å². The molecule has 0 bridgehead atoms. The minimum absolute atomic E-state index is 0.493. The zero-order valence-corrected chi connectivity index (χ0v) is 8.12. The fourth-order valence-electron chi connectivity index (χ4n) is 1.47. The summed E-state index contributed by atoms with van der Waals surface area (Å²) in [6, 6.07) is 2.62. The van der Waals surface area contributed by atoms with Crippen LogP contribution in [0.1, 0.15) is 26.0 Å². The van der Waals surface area contributed by atoms with Crippen LogP contribution in [0.4, 0.5) is 0 Å². The van der Waals surface area contributed by atoms with E-state index >= 15 is 0 Å². The van der Waals surface area contributed by atoms with Gasteiger partial charge in [-0.15, -0.1) is 0 Å². The second-order valence-electron chi connectivity index (χ2n) is 4.33. The zero-order valence-electron chi connectivity index (χ0n) is 8.12. The topological polar surface area (TPSA) is 37.8 Å². The van der Waals surface area contributed by atoms with E-state index in [1.165, 1.54) is 6.42 Å². The Balaban J connectivity index is 1.82. The first-order valence-electron chi connectivity index (χ1n) is 4.67. The predicted molar refractivity (Wildman–Crippen MR) is 51.1 cm³/mol. The van der Waals surface area contributed by atoms with Crippen LogP contribution in [-0.4, -0.2) is 16.0 Å². The van der Waals surface area contributed by atoms with Crippen molar-refractivity contribution in [1.29, 1.82) is 0 Å². The lowest BCUT2D eigenvalue weighted by atomic mass is 10.2. The molecule has 1 aromatic rings. The van der Waals surface area contributed by atoms with E-state index in [0.29, 0.717) is 11.5 Å². The van der Waals surface area contributed by atoms with Crippen LogP contribution in [0, 0.1) is 5.41 Å². The van der Waals surface area contributed by atoms with Gasteiger partial charge in [-0.05, 0) is 17.9 Å². The third-order valence-corrected chi connectivity index (χ3v) is 2.69. The quantitative estimate of drug-likeness (QED) is 0.757. The van der Waals surface area contributed by atoms with Crippen LogP contribution < -0.4 is 5.32 Å². The van der Waals surface area contributed by atoms with Crippen LogP contribution in [0.5, 0.6) is 0 Å². The van der Waals surface area contributed by atoms with E-state index in [1.54, 1.807) is 12.5 Å². The number of nitrogens with zero attached hydrogens (tertiary/aromatic N) is 2. The number of hydrogen-bond donors (Lipinski definition) is 1. The van der Waals surface area contributed by atoms with Gasteiger partial charge in [0.05, 0.1) is 5.69 Å². The van der Waals surface area contributed by atoms with Crippen LogP contribution in [0.15, 0.2) is 18.6 Å². The van der Waals surface area contributed by atoms with Crippen molar-refractivity contribution in [3.05, 3.63) is 24.3 Å². The monoisotopic (exact) mass is 177 g/mol. The third-order valence-electron chi connectivity index (χ3n) is 2.69. The van der Waals surface area contributed by atoms with Gasteiger partial charge in [0.1, 0.15) is 6.33 Å². The average molecular weight is 177 g/mol. The van der Waals surface area contributed by atoms with Gasteiger partial charge >= 0.3 is 0 Å². The zero-order chi connectivity index (χ0) is 9.31. The van der Waals surface area contributed by atoms with Crippen LogP contribution in [0.3, 0.4) is 0 Å². The van der Waals surface area contributed by atoms with Crippen LogP contribution in [-0.2, 0) is 6.54 Å². The van der Waals surface area contributed by atoms with Gasteiger partial charge < -0.3 is 5.32 Å². The minimum atomic E-state index is 0.493. The van der Waals surface area contributed by atoms with Crippen molar-refractivity contribution in [3.8, 4) is 0 Å². The standard InChI is InChI=1S/C10H15N3/c1-10(2)5-9(10)12-6-8-3-4-11-7-13-8/h3-4,7,9,12H,5-6H2,1-2H3. The Bertz CT molecular complexity index is 281. The van der Waals surface area contributed by atoms with Gasteiger partial charge in [0, 0.05) is 18.8 Å². The van der Waals surface area contributed by atoms with E-state index in [-0.39, 0.29) is 0 Å². The number of hydrogen-bond acceptors (Lipinski definition) is 3. The van der Waals surface area contributed by atoms with E-state index in [4.69, 9.17) is 0 Å². The second-order valence-corrected chi connectivity index (χ2v) is 4.33. The molecule has 0 amide bonds. The smallest absolute Gasteiger partial charge is 0.115 e. The van der Waals surface area contributed by atoms with Crippen LogP contribution in [0.25, 0.3) is 0 Å². The third kappa shape index (κ3) is 2.04. The van der Waals surface area contributed by atoms with E-state index in [0.717, 1.165) is 12.2 Å². The van der Waals surface area contributed by atoms with E-state index < -0.39 is 0 Å². The molecule has 1 aromatic heterocycles. The summed E-state index contributed by atoms with van der Waals surface area (Å²) in [5, 5.41) is 3.47. The molecular weight excluding hydrogens is 162 g/mol. The predicted octanol–water partition coefficient (Wildman–Crippen LogP) is 1.36. The highest BCUT2D eigenvalue weighted by Gasteiger charge is 2.44. The largest absolute Gasteiger partial charge is 0.308 e. The van der Waals surface area contributed by atoms with E-state index in [1.807, 2.05) is 6.07 Å². The van der Waals surface area contributed by atoms with E-state index in [9.17, 15) is 0 Å². The van der Waals surface area contributed by atoms with Crippen molar-refractivity contribution in [2.24, 2.45) is 5.41 Å². The van der Waals surface area contributed by atoms with Gasteiger partial charge in [-0.1, -0.05) is 13.8 Å². The molecule has 0 aromatic carbocycles. The van der Waals surface area contributed by atoms with Crippen molar-refractivity contribution in [2.45, 2.75) is 32.9 Å². The molecule has 1 N–H and O–H groups in total. The first-order chi connectivity index (χ1) is 6.18. The Morgan fingerprint density at radius 3 is 2.92 bits per heavy atom. The maximum absolute atomic E-state index is 4.15. The van der Waals surface area contributed by atoms with Crippen molar-refractivity contribution in [2.75, 3.05) is 0 Å². The lowest BCUT2D eigenvalue weighted by Crippen LogP contribution is -2.20. The lowest BCUT2D eigenvalue weighted by molar-refractivity contribution is 0.538. The molecule has 13 heavy (non-hydrogen) atoms. The molecule has 2 rings (SSSR count). The fourth-order valence-corrected chi connectivity index (χ4v) is 1.47. The lowest BCUT2D eigenvalue weighted by Gasteiger charge is -2.05. The highest BCUT2D eigenvalue weighted by Crippen LogP contribution is 2.44. The Morgan fingerprint density at radius 1 is 1.62 bits per heavy atom. The highest BCUT2D eigenvalue weighted by atomic mass is 15.0. The molecule has 1 saturated carbocycles. The molecule has 1 heterocycles. The number of nitrogens with one attached hydrogen (secondary N) is 1. The Hall–Kier alpha value is -0.960. The molecule has 0 spiro atoms. The summed E-state index contributed by atoms with van der Waals surface area (Å²) in [6.45, 7) is 5.42. The van der Waals surface area contributed by atoms with Gasteiger partial charge in [-0.3, -0.25) is 0 Å². The summed E-state index contributed by atoms with van der Waals surface area (Å²) in [4.78, 5) is 8.03. The van der Waals surface area contributed by atoms with Gasteiger partial charge in [0.2, 0.25) is 0 Å². The second kappa shape index (κ2) is 3.07. The molecule has 0 radical (unpaired) electrons. The summed E-state index contributed by atoms with van der Waals surface area (Å²) < 4.78 is 0.